The lowest BCUT2D eigenvalue weighted by atomic mass is 9.85. The number of nitrogens with zero attached hydrogens (tertiary/aromatic N) is 1. The van der Waals surface area contributed by atoms with Gasteiger partial charge in [-0.3, -0.25) is 0 Å². The topological polar surface area (TPSA) is 67.2 Å². The average molecular weight is 335 g/mol. The third-order valence-corrected chi connectivity index (χ3v) is 4.14. The standard InChI is InChI=1S/C13H9F4NO3S/c1-7-2-3-11(21-22(19,20)13(15,16)17)12-8(6-18)4-9(14)5-10(7)12/h3-5,7H,2H2,1H3/t7-/m1/s1. The van der Waals surface area contributed by atoms with Gasteiger partial charge in [-0.1, -0.05) is 6.92 Å². The highest BCUT2D eigenvalue weighted by Crippen LogP contribution is 2.39. The molecule has 0 aliphatic heterocycles. The highest BCUT2D eigenvalue weighted by molar-refractivity contribution is 7.87. The summed E-state index contributed by atoms with van der Waals surface area (Å²) in [4.78, 5) is 0. The summed E-state index contributed by atoms with van der Waals surface area (Å²) in [7, 11) is -5.86. The van der Waals surface area contributed by atoms with E-state index >= 15 is 0 Å². The average Bonchev–Trinajstić information content (AvgIpc) is 2.39. The van der Waals surface area contributed by atoms with Crippen molar-refractivity contribution in [2.24, 2.45) is 0 Å². The maximum absolute atomic E-state index is 13.5. The molecule has 0 spiro atoms. The maximum atomic E-state index is 13.5. The van der Waals surface area contributed by atoms with Gasteiger partial charge in [0.15, 0.2) is 0 Å². The van der Waals surface area contributed by atoms with Gasteiger partial charge < -0.3 is 4.18 Å². The number of halogens is 4. The van der Waals surface area contributed by atoms with Gasteiger partial charge in [-0.2, -0.15) is 26.9 Å². The Morgan fingerprint density at radius 2 is 2.00 bits per heavy atom. The predicted octanol–water partition coefficient (Wildman–Crippen LogP) is 3.41. The molecule has 0 heterocycles. The first-order chi connectivity index (χ1) is 10.1. The molecule has 1 aromatic rings. The molecule has 0 aromatic heterocycles. The third-order valence-electron chi connectivity index (χ3n) is 3.17. The normalized spacial score (nSPS) is 18.2. The van der Waals surface area contributed by atoms with Gasteiger partial charge >= 0.3 is 15.6 Å². The van der Waals surface area contributed by atoms with Gasteiger partial charge in [0.1, 0.15) is 17.6 Å². The third kappa shape index (κ3) is 2.78. The number of benzene rings is 1. The van der Waals surface area contributed by atoms with Crippen molar-refractivity contribution in [2.45, 2.75) is 24.8 Å². The van der Waals surface area contributed by atoms with Crippen LogP contribution >= 0.6 is 0 Å². The minimum Gasteiger partial charge on any atom is -0.376 e. The van der Waals surface area contributed by atoms with Crippen LogP contribution in [0.4, 0.5) is 17.6 Å². The van der Waals surface area contributed by atoms with E-state index in [2.05, 4.69) is 4.18 Å². The summed E-state index contributed by atoms with van der Waals surface area (Å²) in [6.07, 6.45) is 1.30. The Morgan fingerprint density at radius 1 is 1.36 bits per heavy atom. The zero-order valence-corrected chi connectivity index (χ0v) is 11.9. The van der Waals surface area contributed by atoms with E-state index in [1.165, 1.54) is 0 Å². The number of rotatable bonds is 2. The Balaban J connectivity index is 2.58. The summed E-state index contributed by atoms with van der Waals surface area (Å²) >= 11 is 0. The molecule has 118 valence electrons. The predicted molar refractivity (Wildman–Crippen MR) is 68.2 cm³/mol. The molecule has 1 aromatic carbocycles. The van der Waals surface area contributed by atoms with E-state index in [9.17, 15) is 26.0 Å². The fourth-order valence-corrected chi connectivity index (χ4v) is 2.62. The Labute approximate surface area is 123 Å². The summed E-state index contributed by atoms with van der Waals surface area (Å²) in [5.74, 6) is -1.64. The van der Waals surface area contributed by atoms with Crippen LogP contribution in [0.1, 0.15) is 36.0 Å². The lowest BCUT2D eigenvalue weighted by Crippen LogP contribution is -2.26. The number of hydrogen-bond acceptors (Lipinski definition) is 4. The van der Waals surface area contributed by atoms with Gasteiger partial charge in [-0.25, -0.2) is 4.39 Å². The zero-order valence-electron chi connectivity index (χ0n) is 11.1. The summed E-state index contributed by atoms with van der Waals surface area (Å²) in [6, 6.07) is 3.50. The lowest BCUT2D eigenvalue weighted by Gasteiger charge is -2.24. The smallest absolute Gasteiger partial charge is 0.376 e. The van der Waals surface area contributed by atoms with E-state index in [0.717, 1.165) is 18.2 Å². The molecule has 2 rings (SSSR count). The van der Waals surface area contributed by atoms with Gasteiger partial charge in [-0.05, 0) is 36.1 Å². The van der Waals surface area contributed by atoms with E-state index in [-0.39, 0.29) is 29.0 Å². The highest BCUT2D eigenvalue weighted by atomic mass is 32.2. The Hall–Kier alpha value is -2.08. The monoisotopic (exact) mass is 335 g/mol. The van der Waals surface area contributed by atoms with Gasteiger partial charge in [-0.15, -0.1) is 0 Å². The Kier molecular flexibility index (Phi) is 3.91. The van der Waals surface area contributed by atoms with Crippen molar-refractivity contribution >= 4 is 15.9 Å². The molecule has 0 fully saturated rings. The van der Waals surface area contributed by atoms with Crippen molar-refractivity contribution in [1.29, 1.82) is 5.26 Å². The number of allylic oxidation sites excluding steroid dienone is 1. The van der Waals surface area contributed by atoms with Crippen molar-refractivity contribution in [2.75, 3.05) is 0 Å². The summed E-state index contributed by atoms with van der Waals surface area (Å²) in [5, 5.41) is 9.01. The summed E-state index contributed by atoms with van der Waals surface area (Å²) in [6.45, 7) is 1.67. The first-order valence-corrected chi connectivity index (χ1v) is 7.42. The van der Waals surface area contributed by atoms with Crippen LogP contribution in [0.3, 0.4) is 0 Å². The highest BCUT2D eigenvalue weighted by Gasteiger charge is 2.49. The van der Waals surface area contributed by atoms with Crippen LogP contribution in [0, 0.1) is 17.1 Å². The molecule has 1 atom stereocenters. The van der Waals surface area contributed by atoms with Gasteiger partial charge in [0.25, 0.3) is 0 Å². The van der Waals surface area contributed by atoms with E-state index in [1.54, 1.807) is 13.0 Å². The fourth-order valence-electron chi connectivity index (χ4n) is 2.13. The van der Waals surface area contributed by atoms with Crippen LogP contribution in [0.15, 0.2) is 18.2 Å². The SMILES string of the molecule is C[C@@H]1CC=C(OS(=O)(=O)C(F)(F)F)c2c(C#N)cc(F)cc21. The second-order valence-corrected chi connectivity index (χ2v) is 6.26. The number of fused-ring (bicyclic) bond motifs is 1. The molecule has 9 heteroatoms. The van der Waals surface area contributed by atoms with Gasteiger partial charge in [0.05, 0.1) is 5.56 Å². The fraction of sp³-hybridized carbons (Fsp3) is 0.308. The molecule has 0 radical (unpaired) electrons. The second-order valence-electron chi connectivity index (χ2n) is 4.72. The van der Waals surface area contributed by atoms with Gasteiger partial charge in [0, 0.05) is 5.56 Å². The minimum absolute atomic E-state index is 0.129. The van der Waals surface area contributed by atoms with Crippen molar-refractivity contribution < 1.29 is 30.2 Å². The lowest BCUT2D eigenvalue weighted by molar-refractivity contribution is -0.0509. The summed E-state index contributed by atoms with van der Waals surface area (Å²) in [5.41, 5.74) is -5.78. The molecular weight excluding hydrogens is 326 g/mol. The van der Waals surface area contributed by atoms with Gasteiger partial charge in [0.2, 0.25) is 0 Å². The molecule has 1 aliphatic carbocycles. The van der Waals surface area contributed by atoms with Crippen LogP contribution in [0.5, 0.6) is 0 Å². The molecular formula is C13H9F4NO3S. The largest absolute Gasteiger partial charge is 0.534 e. The van der Waals surface area contributed by atoms with Crippen LogP contribution in [0.2, 0.25) is 0 Å². The Bertz CT molecular complexity index is 791. The molecule has 0 unspecified atom stereocenters. The molecule has 0 bridgehead atoms. The van der Waals surface area contributed by atoms with E-state index in [1.807, 2.05) is 0 Å². The molecule has 0 N–H and O–H groups in total. The van der Waals surface area contributed by atoms with Crippen molar-refractivity contribution in [3.05, 3.63) is 40.7 Å². The Morgan fingerprint density at radius 3 is 2.55 bits per heavy atom. The quantitative estimate of drug-likeness (QED) is 0.472. The van der Waals surface area contributed by atoms with Crippen LogP contribution < -0.4 is 0 Å². The molecule has 0 saturated carbocycles. The molecule has 22 heavy (non-hydrogen) atoms. The number of nitriles is 1. The van der Waals surface area contributed by atoms with Crippen LogP contribution in [0.25, 0.3) is 5.76 Å². The van der Waals surface area contributed by atoms with E-state index in [0.29, 0.717) is 0 Å². The maximum Gasteiger partial charge on any atom is 0.534 e. The zero-order chi connectivity index (χ0) is 16.7. The van der Waals surface area contributed by atoms with Crippen LogP contribution in [-0.4, -0.2) is 13.9 Å². The minimum atomic E-state index is -5.86. The molecule has 4 nitrogen and oxygen atoms in total. The second kappa shape index (κ2) is 5.28. The van der Waals surface area contributed by atoms with Crippen molar-refractivity contribution in [1.82, 2.24) is 0 Å². The first-order valence-electron chi connectivity index (χ1n) is 6.01. The van der Waals surface area contributed by atoms with E-state index < -0.39 is 27.2 Å². The molecule has 0 saturated heterocycles. The molecule has 0 amide bonds. The number of hydrogen-bond donors (Lipinski definition) is 0. The summed E-state index contributed by atoms with van der Waals surface area (Å²) < 4.78 is 77.1. The number of alkyl halides is 3. The first kappa shape index (κ1) is 16.3. The van der Waals surface area contributed by atoms with Crippen molar-refractivity contribution in [3.8, 4) is 6.07 Å². The molecule has 1 aliphatic rings. The van der Waals surface area contributed by atoms with E-state index in [4.69, 9.17) is 5.26 Å². The van der Waals surface area contributed by atoms with Crippen LogP contribution in [-0.2, 0) is 14.3 Å². The van der Waals surface area contributed by atoms with Crippen molar-refractivity contribution in [3.63, 3.8) is 0 Å².